The summed E-state index contributed by atoms with van der Waals surface area (Å²) in [5.41, 5.74) is 1.81. The standard InChI is InChI=1S/C16H21N3O3S2/c1-10(16(20)19(3)13-6-7-24(21,22)9-13)17-12-4-5-14-15(8-12)23-11(2)18-14/h4-5,8,10,13,17H,6-7,9H2,1-3H3/t10-,13-/m1/s1. The van der Waals surface area contributed by atoms with Crippen molar-refractivity contribution in [1.29, 1.82) is 0 Å². The van der Waals surface area contributed by atoms with E-state index in [4.69, 9.17) is 0 Å². The van der Waals surface area contributed by atoms with E-state index in [-0.39, 0.29) is 23.5 Å². The Kier molecular flexibility index (Phi) is 4.52. The van der Waals surface area contributed by atoms with Crippen LogP contribution in [0.2, 0.25) is 0 Å². The molecule has 0 aliphatic carbocycles. The van der Waals surface area contributed by atoms with Gasteiger partial charge >= 0.3 is 0 Å². The Morgan fingerprint density at radius 1 is 1.46 bits per heavy atom. The molecule has 24 heavy (non-hydrogen) atoms. The Morgan fingerprint density at radius 2 is 2.21 bits per heavy atom. The molecule has 3 rings (SSSR count). The van der Waals surface area contributed by atoms with Crippen LogP contribution in [0.3, 0.4) is 0 Å². The van der Waals surface area contributed by atoms with Gasteiger partial charge in [-0.25, -0.2) is 13.4 Å². The second kappa shape index (κ2) is 6.33. The zero-order valence-corrected chi connectivity index (χ0v) is 15.6. The van der Waals surface area contributed by atoms with Gasteiger partial charge in [-0.1, -0.05) is 0 Å². The number of nitrogens with one attached hydrogen (secondary N) is 1. The molecule has 8 heteroatoms. The van der Waals surface area contributed by atoms with Gasteiger partial charge in [-0.15, -0.1) is 11.3 Å². The first kappa shape index (κ1) is 17.2. The number of anilines is 1. The van der Waals surface area contributed by atoms with Gasteiger partial charge in [0.05, 0.1) is 26.7 Å². The van der Waals surface area contributed by atoms with E-state index in [9.17, 15) is 13.2 Å². The molecule has 0 radical (unpaired) electrons. The number of thiazole rings is 1. The van der Waals surface area contributed by atoms with Crippen LogP contribution in [-0.4, -0.2) is 54.8 Å². The lowest BCUT2D eigenvalue weighted by molar-refractivity contribution is -0.132. The maximum atomic E-state index is 12.6. The van der Waals surface area contributed by atoms with E-state index in [0.717, 1.165) is 20.9 Å². The number of benzene rings is 1. The summed E-state index contributed by atoms with van der Waals surface area (Å²) in [4.78, 5) is 18.6. The molecule has 2 heterocycles. The highest BCUT2D eigenvalue weighted by atomic mass is 32.2. The molecule has 1 amide bonds. The SMILES string of the molecule is Cc1nc2ccc(N[C@H](C)C(=O)N(C)[C@@H]3CCS(=O)(=O)C3)cc2s1. The smallest absolute Gasteiger partial charge is 0.244 e. The predicted octanol–water partition coefficient (Wildman–Crippen LogP) is 2.05. The minimum Gasteiger partial charge on any atom is -0.374 e. The number of nitrogens with zero attached hydrogens (tertiary/aromatic N) is 2. The van der Waals surface area contributed by atoms with Crippen LogP contribution in [0.25, 0.3) is 10.2 Å². The second-order valence-corrected chi connectivity index (χ2v) is 9.75. The third-order valence-electron chi connectivity index (χ3n) is 4.35. The van der Waals surface area contributed by atoms with Gasteiger partial charge < -0.3 is 10.2 Å². The summed E-state index contributed by atoms with van der Waals surface area (Å²) in [6.45, 7) is 3.76. The molecule has 1 fully saturated rings. The molecule has 6 nitrogen and oxygen atoms in total. The molecule has 130 valence electrons. The van der Waals surface area contributed by atoms with Crippen LogP contribution in [0.4, 0.5) is 5.69 Å². The monoisotopic (exact) mass is 367 g/mol. The fraction of sp³-hybridized carbons (Fsp3) is 0.500. The highest BCUT2D eigenvalue weighted by molar-refractivity contribution is 7.91. The molecule has 2 atom stereocenters. The minimum atomic E-state index is -3.00. The highest BCUT2D eigenvalue weighted by Gasteiger charge is 2.34. The Balaban J connectivity index is 1.68. The summed E-state index contributed by atoms with van der Waals surface area (Å²) in [5.74, 6) is 0.129. The average Bonchev–Trinajstić information content (AvgIpc) is 3.06. The summed E-state index contributed by atoms with van der Waals surface area (Å²) in [6.07, 6.45) is 0.517. The highest BCUT2D eigenvalue weighted by Crippen LogP contribution is 2.25. The summed E-state index contributed by atoms with van der Waals surface area (Å²) in [6, 6.07) is 5.18. The van der Waals surface area contributed by atoms with E-state index < -0.39 is 15.9 Å². The minimum absolute atomic E-state index is 0.0636. The van der Waals surface area contributed by atoms with Crippen LogP contribution >= 0.6 is 11.3 Å². The fourth-order valence-electron chi connectivity index (χ4n) is 3.01. The Hall–Kier alpha value is -1.67. The van der Waals surface area contributed by atoms with Gasteiger partial charge in [0.2, 0.25) is 5.91 Å². The van der Waals surface area contributed by atoms with Crippen molar-refractivity contribution in [1.82, 2.24) is 9.88 Å². The maximum Gasteiger partial charge on any atom is 0.244 e. The molecule has 1 saturated heterocycles. The van der Waals surface area contributed by atoms with Crippen LogP contribution < -0.4 is 5.32 Å². The molecule has 0 bridgehead atoms. The molecule has 1 aliphatic rings. The third-order valence-corrected chi connectivity index (χ3v) is 7.04. The van der Waals surface area contributed by atoms with Crippen molar-refractivity contribution in [3.63, 3.8) is 0 Å². The van der Waals surface area contributed by atoms with Crippen molar-refractivity contribution < 1.29 is 13.2 Å². The molecule has 0 spiro atoms. The lowest BCUT2D eigenvalue weighted by atomic mass is 10.2. The third kappa shape index (κ3) is 3.54. The molecule has 1 N–H and O–H groups in total. The summed E-state index contributed by atoms with van der Waals surface area (Å²) in [7, 11) is -1.32. The number of hydrogen-bond acceptors (Lipinski definition) is 6. The van der Waals surface area contributed by atoms with Gasteiger partial charge in [-0.05, 0) is 38.5 Å². The summed E-state index contributed by atoms with van der Waals surface area (Å²) >= 11 is 1.62. The van der Waals surface area contributed by atoms with Gasteiger partial charge in [0.15, 0.2) is 9.84 Å². The molecule has 0 saturated carbocycles. The first-order valence-electron chi connectivity index (χ1n) is 7.86. The summed E-state index contributed by atoms with van der Waals surface area (Å²) in [5, 5.41) is 4.21. The van der Waals surface area contributed by atoms with Gasteiger partial charge in [-0.3, -0.25) is 4.79 Å². The van der Waals surface area contributed by atoms with Gasteiger partial charge in [0.25, 0.3) is 0 Å². The number of hydrogen-bond donors (Lipinski definition) is 1. The molecule has 1 aromatic heterocycles. The molecule has 1 aliphatic heterocycles. The van der Waals surface area contributed by atoms with Crippen molar-refractivity contribution in [3.8, 4) is 0 Å². The lowest BCUT2D eigenvalue weighted by Crippen LogP contribution is -2.45. The van der Waals surface area contributed by atoms with E-state index >= 15 is 0 Å². The first-order valence-corrected chi connectivity index (χ1v) is 10.5. The van der Waals surface area contributed by atoms with E-state index in [1.165, 1.54) is 0 Å². The Labute approximate surface area is 145 Å². The fourth-order valence-corrected chi connectivity index (χ4v) is 5.65. The molecular weight excluding hydrogens is 346 g/mol. The molecular formula is C16H21N3O3S2. The number of aryl methyl sites for hydroxylation is 1. The number of amides is 1. The maximum absolute atomic E-state index is 12.6. The van der Waals surface area contributed by atoms with Crippen LogP contribution in [0.15, 0.2) is 18.2 Å². The molecule has 1 aromatic carbocycles. The van der Waals surface area contributed by atoms with E-state index in [1.54, 1.807) is 30.2 Å². The van der Waals surface area contributed by atoms with Crippen molar-refractivity contribution in [3.05, 3.63) is 23.2 Å². The van der Waals surface area contributed by atoms with Crippen LogP contribution in [0.1, 0.15) is 18.4 Å². The van der Waals surface area contributed by atoms with Gasteiger partial charge in [-0.2, -0.15) is 0 Å². The van der Waals surface area contributed by atoms with E-state index in [2.05, 4.69) is 10.3 Å². The van der Waals surface area contributed by atoms with Crippen LogP contribution in [0, 0.1) is 6.92 Å². The van der Waals surface area contributed by atoms with E-state index in [1.807, 2.05) is 25.1 Å². The predicted molar refractivity (Wildman–Crippen MR) is 97.3 cm³/mol. The number of carbonyl (C=O) groups excluding carboxylic acids is 1. The van der Waals surface area contributed by atoms with Gasteiger partial charge in [0.1, 0.15) is 6.04 Å². The first-order chi connectivity index (χ1) is 11.2. The Morgan fingerprint density at radius 3 is 2.88 bits per heavy atom. The van der Waals surface area contributed by atoms with Crippen molar-refractivity contribution in [2.45, 2.75) is 32.4 Å². The van der Waals surface area contributed by atoms with Crippen molar-refractivity contribution in [2.75, 3.05) is 23.9 Å². The number of aromatic nitrogens is 1. The van der Waals surface area contributed by atoms with Crippen molar-refractivity contribution >= 4 is 43.0 Å². The molecule has 0 unspecified atom stereocenters. The lowest BCUT2D eigenvalue weighted by Gasteiger charge is -2.27. The number of likely N-dealkylation sites (N-methyl/N-ethyl adjacent to an activating group) is 1. The van der Waals surface area contributed by atoms with Crippen molar-refractivity contribution in [2.24, 2.45) is 0 Å². The summed E-state index contributed by atoms with van der Waals surface area (Å²) < 4.78 is 24.3. The Bertz CT molecular complexity index is 876. The normalized spacial score (nSPS) is 20.9. The quantitative estimate of drug-likeness (QED) is 0.895. The second-order valence-electron chi connectivity index (χ2n) is 6.29. The molecule has 2 aromatic rings. The number of fused-ring (bicyclic) bond motifs is 1. The van der Waals surface area contributed by atoms with Gasteiger partial charge in [0, 0.05) is 18.8 Å². The number of sulfone groups is 1. The average molecular weight is 367 g/mol. The zero-order chi connectivity index (χ0) is 17.5. The topological polar surface area (TPSA) is 79.4 Å². The van der Waals surface area contributed by atoms with Crippen LogP contribution in [-0.2, 0) is 14.6 Å². The number of carbonyl (C=O) groups is 1. The van der Waals surface area contributed by atoms with E-state index in [0.29, 0.717) is 6.42 Å². The van der Waals surface area contributed by atoms with Crippen LogP contribution in [0.5, 0.6) is 0 Å². The largest absolute Gasteiger partial charge is 0.374 e. The number of rotatable bonds is 4. The zero-order valence-electron chi connectivity index (χ0n) is 13.9.